The maximum absolute atomic E-state index is 10.2. The van der Waals surface area contributed by atoms with Crippen LogP contribution in [0.25, 0.3) is 0 Å². The Morgan fingerprint density at radius 1 is 1.27 bits per heavy atom. The largest absolute Gasteiger partial charge is 0.457 e. The van der Waals surface area contributed by atoms with Crippen LogP contribution >= 0.6 is 15.9 Å². The first-order chi connectivity index (χ1) is 5.27. The minimum atomic E-state index is -0.354. The summed E-state index contributed by atoms with van der Waals surface area (Å²) in [4.78, 5) is 9.87. The normalized spacial score (nSPS) is 9.64. The van der Waals surface area contributed by atoms with Crippen molar-refractivity contribution in [2.75, 3.05) is 6.61 Å². The van der Waals surface area contributed by atoms with Gasteiger partial charge >= 0.3 is 4.88 Å². The summed E-state index contributed by atoms with van der Waals surface area (Å²) in [6, 6.07) is 0. The van der Waals surface area contributed by atoms with E-state index in [1.54, 1.807) is 0 Å². The molecule has 66 valence electrons. The molecule has 0 aromatic rings. The Morgan fingerprint density at radius 3 is 2.45 bits per heavy atom. The maximum atomic E-state index is 10.2. The summed E-state index contributed by atoms with van der Waals surface area (Å²) >= 11 is 2.70. The highest BCUT2D eigenvalue weighted by Crippen LogP contribution is 2.03. The Hall–Kier alpha value is -0.0500. The second-order valence-electron chi connectivity index (χ2n) is 2.50. The molecule has 11 heavy (non-hydrogen) atoms. The van der Waals surface area contributed by atoms with E-state index in [1.165, 1.54) is 19.3 Å². The van der Waals surface area contributed by atoms with E-state index in [9.17, 15) is 4.79 Å². The van der Waals surface area contributed by atoms with Crippen molar-refractivity contribution < 1.29 is 9.53 Å². The lowest BCUT2D eigenvalue weighted by Crippen LogP contribution is -1.95. The van der Waals surface area contributed by atoms with Gasteiger partial charge in [0.05, 0.1) is 6.61 Å². The van der Waals surface area contributed by atoms with Crippen molar-refractivity contribution in [3.63, 3.8) is 0 Å². The predicted molar refractivity (Wildman–Crippen MR) is 49.0 cm³/mol. The zero-order valence-corrected chi connectivity index (χ0v) is 8.52. The number of rotatable bonds is 6. The molecule has 0 unspecified atom stereocenters. The van der Waals surface area contributed by atoms with E-state index in [2.05, 4.69) is 22.9 Å². The van der Waals surface area contributed by atoms with Crippen LogP contribution in [0.3, 0.4) is 0 Å². The Bertz CT molecular complexity index is 104. The molecule has 0 saturated heterocycles. The molecular weight excluding hydrogens is 208 g/mol. The average molecular weight is 223 g/mol. The van der Waals surface area contributed by atoms with Crippen LogP contribution < -0.4 is 0 Å². The molecule has 0 aliphatic carbocycles. The Morgan fingerprint density at radius 2 is 1.91 bits per heavy atom. The number of ether oxygens (including phenoxy) is 1. The second kappa shape index (κ2) is 8.05. The summed E-state index contributed by atoms with van der Waals surface area (Å²) in [6.45, 7) is 2.73. The molecule has 0 N–H and O–H groups in total. The minimum absolute atomic E-state index is 0.354. The summed E-state index contributed by atoms with van der Waals surface area (Å²) in [5.74, 6) is 0. The van der Waals surface area contributed by atoms with Gasteiger partial charge in [0.1, 0.15) is 0 Å². The van der Waals surface area contributed by atoms with E-state index in [-0.39, 0.29) is 4.88 Å². The molecule has 0 heterocycles. The molecule has 0 aromatic heterocycles. The number of unbranched alkanes of at least 4 members (excludes halogenated alkanes) is 4. The molecule has 0 spiro atoms. The van der Waals surface area contributed by atoms with Crippen LogP contribution in [0.1, 0.15) is 39.0 Å². The monoisotopic (exact) mass is 222 g/mol. The summed E-state index contributed by atoms with van der Waals surface area (Å²) < 4.78 is 4.70. The summed E-state index contributed by atoms with van der Waals surface area (Å²) in [6.07, 6.45) is 5.92. The quantitative estimate of drug-likeness (QED) is 0.508. The Labute approximate surface area is 76.4 Å². The third-order valence-corrected chi connectivity index (χ3v) is 1.69. The SMILES string of the molecule is CCCCCCCOC(=O)Br. The highest BCUT2D eigenvalue weighted by Gasteiger charge is 1.93. The number of carbonyl (C=O) groups is 1. The van der Waals surface area contributed by atoms with Crippen molar-refractivity contribution in [1.82, 2.24) is 0 Å². The third-order valence-electron chi connectivity index (χ3n) is 1.46. The first-order valence-corrected chi connectivity index (χ1v) is 4.89. The summed E-state index contributed by atoms with van der Waals surface area (Å²) in [7, 11) is 0. The Kier molecular flexibility index (Phi) is 8.01. The fraction of sp³-hybridized carbons (Fsp3) is 0.875. The van der Waals surface area contributed by atoms with Gasteiger partial charge in [0.2, 0.25) is 0 Å². The molecule has 3 heteroatoms. The van der Waals surface area contributed by atoms with Gasteiger partial charge < -0.3 is 4.74 Å². The zero-order chi connectivity index (χ0) is 8.53. The molecule has 0 amide bonds. The third kappa shape index (κ3) is 9.95. The second-order valence-corrected chi connectivity index (χ2v) is 3.15. The number of hydrogen-bond acceptors (Lipinski definition) is 2. The van der Waals surface area contributed by atoms with E-state index in [0.29, 0.717) is 6.61 Å². The van der Waals surface area contributed by atoms with Crippen molar-refractivity contribution in [3.8, 4) is 0 Å². The molecule has 0 fully saturated rings. The van der Waals surface area contributed by atoms with Crippen LogP contribution in [0.2, 0.25) is 0 Å². The number of halogens is 1. The molecule has 0 aliphatic rings. The van der Waals surface area contributed by atoms with Crippen LogP contribution in [0.15, 0.2) is 0 Å². The van der Waals surface area contributed by atoms with Crippen LogP contribution in [0.4, 0.5) is 4.79 Å². The summed E-state index contributed by atoms with van der Waals surface area (Å²) in [5.41, 5.74) is 0. The molecule has 0 aliphatic heterocycles. The highest BCUT2D eigenvalue weighted by atomic mass is 79.9. The zero-order valence-electron chi connectivity index (χ0n) is 6.94. The summed E-state index contributed by atoms with van der Waals surface area (Å²) in [5, 5.41) is 0. The molecular formula is C8H15BrO2. The van der Waals surface area contributed by atoms with Crippen molar-refractivity contribution >= 4 is 20.8 Å². The van der Waals surface area contributed by atoms with Crippen molar-refractivity contribution in [1.29, 1.82) is 0 Å². The van der Waals surface area contributed by atoms with Crippen LogP contribution in [0.5, 0.6) is 0 Å². The number of hydrogen-bond donors (Lipinski definition) is 0. The molecule has 0 aromatic carbocycles. The van der Waals surface area contributed by atoms with Gasteiger partial charge in [-0.15, -0.1) is 0 Å². The van der Waals surface area contributed by atoms with Gasteiger partial charge in [0.15, 0.2) is 0 Å². The van der Waals surface area contributed by atoms with E-state index in [4.69, 9.17) is 4.74 Å². The van der Waals surface area contributed by atoms with E-state index in [0.717, 1.165) is 12.8 Å². The van der Waals surface area contributed by atoms with Crippen molar-refractivity contribution in [2.45, 2.75) is 39.0 Å². The van der Waals surface area contributed by atoms with Crippen LogP contribution in [0, 0.1) is 0 Å². The van der Waals surface area contributed by atoms with E-state index in [1.807, 2.05) is 0 Å². The lowest BCUT2D eigenvalue weighted by molar-refractivity contribution is 0.174. The minimum Gasteiger partial charge on any atom is -0.457 e. The lowest BCUT2D eigenvalue weighted by Gasteiger charge is -1.99. The fourth-order valence-electron chi connectivity index (χ4n) is 0.858. The van der Waals surface area contributed by atoms with Gasteiger partial charge in [-0.05, 0) is 6.42 Å². The van der Waals surface area contributed by atoms with Gasteiger partial charge in [-0.3, -0.25) is 0 Å². The van der Waals surface area contributed by atoms with Gasteiger partial charge in [-0.25, -0.2) is 4.79 Å². The Balaban J connectivity index is 2.85. The van der Waals surface area contributed by atoms with Crippen molar-refractivity contribution in [3.05, 3.63) is 0 Å². The molecule has 0 atom stereocenters. The average Bonchev–Trinajstić information content (AvgIpc) is 1.96. The lowest BCUT2D eigenvalue weighted by atomic mass is 10.2. The molecule has 0 saturated carbocycles. The van der Waals surface area contributed by atoms with E-state index < -0.39 is 0 Å². The standard InChI is InChI=1S/C8H15BrO2/c1-2-3-4-5-6-7-11-8(9)10/h2-7H2,1H3. The smallest absolute Gasteiger partial charge is 0.374 e. The van der Waals surface area contributed by atoms with Crippen LogP contribution in [-0.2, 0) is 4.74 Å². The molecule has 0 rings (SSSR count). The van der Waals surface area contributed by atoms with Crippen LogP contribution in [-0.4, -0.2) is 11.5 Å². The first kappa shape index (κ1) is 11.0. The fourth-order valence-corrected chi connectivity index (χ4v) is 1.02. The van der Waals surface area contributed by atoms with Gasteiger partial charge in [0, 0.05) is 15.9 Å². The van der Waals surface area contributed by atoms with Gasteiger partial charge in [-0.1, -0.05) is 32.6 Å². The molecule has 0 radical (unpaired) electrons. The molecule has 0 bridgehead atoms. The maximum Gasteiger partial charge on any atom is 0.374 e. The van der Waals surface area contributed by atoms with Gasteiger partial charge in [0.25, 0.3) is 0 Å². The van der Waals surface area contributed by atoms with Crippen molar-refractivity contribution in [2.24, 2.45) is 0 Å². The topological polar surface area (TPSA) is 26.3 Å². The first-order valence-electron chi connectivity index (χ1n) is 4.09. The highest BCUT2D eigenvalue weighted by molar-refractivity contribution is 9.18. The molecule has 2 nitrogen and oxygen atoms in total. The van der Waals surface area contributed by atoms with Gasteiger partial charge in [-0.2, -0.15) is 0 Å². The van der Waals surface area contributed by atoms with E-state index >= 15 is 0 Å². The predicted octanol–water partition coefficient (Wildman–Crippen LogP) is 3.49. The number of carbonyl (C=O) groups excluding carboxylic acids is 1.